The first-order chi connectivity index (χ1) is 19.4. The van der Waals surface area contributed by atoms with Crippen LogP contribution < -0.4 is 4.31 Å². The van der Waals surface area contributed by atoms with Crippen LogP contribution in [0.2, 0.25) is 10.0 Å². The second-order valence-corrected chi connectivity index (χ2v) is 13.1. The maximum Gasteiger partial charge on any atom is 0.311 e. The quantitative estimate of drug-likeness (QED) is 0.259. The molecule has 10 heteroatoms. The fourth-order valence-electron chi connectivity index (χ4n) is 5.67. The predicted octanol–water partition coefficient (Wildman–Crippen LogP) is 6.83. The number of likely N-dealkylation sites (tertiary alicyclic amines) is 1. The van der Waals surface area contributed by atoms with Gasteiger partial charge < -0.3 is 9.64 Å². The van der Waals surface area contributed by atoms with E-state index in [2.05, 4.69) is 0 Å². The molecule has 4 unspecified atom stereocenters. The molecule has 1 saturated heterocycles. The molecule has 0 N–H and O–H groups in total. The Labute approximate surface area is 252 Å². The summed E-state index contributed by atoms with van der Waals surface area (Å²) in [5, 5.41) is 0.461. The Hall–Kier alpha value is -3.07. The summed E-state index contributed by atoms with van der Waals surface area (Å²) in [7, 11) is -4.24. The van der Waals surface area contributed by atoms with Crippen molar-refractivity contribution < 1.29 is 22.7 Å². The van der Waals surface area contributed by atoms with Crippen molar-refractivity contribution in [1.29, 1.82) is 0 Å². The molecule has 0 radical (unpaired) electrons. The molecule has 4 atom stereocenters. The summed E-state index contributed by atoms with van der Waals surface area (Å²) >= 11 is 12.6. The lowest BCUT2D eigenvalue weighted by molar-refractivity contribution is -0.154. The molecule has 3 aromatic rings. The molecule has 3 aromatic carbocycles. The van der Waals surface area contributed by atoms with E-state index in [4.69, 9.17) is 27.9 Å². The van der Waals surface area contributed by atoms with Gasteiger partial charge in [-0.1, -0.05) is 60.5 Å². The lowest BCUT2D eigenvalue weighted by atomic mass is 9.78. The molecule has 4 rings (SSSR count). The van der Waals surface area contributed by atoms with Gasteiger partial charge in [0.2, 0.25) is 0 Å². The van der Waals surface area contributed by atoms with E-state index in [-0.39, 0.29) is 52.5 Å². The Bertz CT molecular complexity index is 1500. The number of hydrogen-bond acceptors (Lipinski definition) is 5. The van der Waals surface area contributed by atoms with E-state index in [0.717, 1.165) is 5.56 Å². The summed E-state index contributed by atoms with van der Waals surface area (Å²) in [5.74, 6) is -1.18. The summed E-state index contributed by atoms with van der Waals surface area (Å²) in [5.41, 5.74) is 1.33. The average Bonchev–Trinajstić information content (AvgIpc) is 2.92. The number of benzene rings is 3. The van der Waals surface area contributed by atoms with E-state index in [0.29, 0.717) is 17.1 Å². The summed E-state index contributed by atoms with van der Waals surface area (Å²) in [6, 6.07) is 19.3. The molecule has 0 spiro atoms. The van der Waals surface area contributed by atoms with Crippen LogP contribution in [0.3, 0.4) is 0 Å². The molecule has 1 heterocycles. The van der Waals surface area contributed by atoms with Crippen LogP contribution in [-0.4, -0.2) is 43.9 Å². The third kappa shape index (κ3) is 6.55. The zero-order chi connectivity index (χ0) is 29.9. The van der Waals surface area contributed by atoms with Crippen molar-refractivity contribution in [3.05, 3.63) is 94.0 Å². The standard InChI is InChI=1S/C31H34Cl2N2O5S/c1-5-40-31(37)29-20(2)17-21(3)35(22(29)4)30(36)24-11-16-27(33)28(18-24)41(38,39)34(19-23-9-7-6-8-10-23)26-14-12-25(32)13-15-26/h6-16,18,20-22,29H,5,17,19H2,1-4H3. The van der Waals surface area contributed by atoms with Crippen molar-refractivity contribution in [2.24, 2.45) is 11.8 Å². The Morgan fingerprint density at radius 2 is 1.63 bits per heavy atom. The van der Waals surface area contributed by atoms with Gasteiger partial charge in [-0.25, -0.2) is 8.42 Å². The van der Waals surface area contributed by atoms with Crippen molar-refractivity contribution in [3.8, 4) is 0 Å². The highest BCUT2D eigenvalue weighted by Gasteiger charge is 2.44. The maximum absolute atomic E-state index is 14.2. The zero-order valence-electron chi connectivity index (χ0n) is 23.5. The molecule has 1 amide bonds. The summed E-state index contributed by atoms with van der Waals surface area (Å²) in [6.45, 7) is 7.80. The van der Waals surface area contributed by atoms with Crippen LogP contribution in [0.15, 0.2) is 77.7 Å². The monoisotopic (exact) mass is 616 g/mol. The molecule has 0 saturated carbocycles. The molecule has 0 bridgehead atoms. The first-order valence-electron chi connectivity index (χ1n) is 13.6. The number of ether oxygens (including phenoxy) is 1. The summed E-state index contributed by atoms with van der Waals surface area (Å²) < 4.78 is 35.0. The van der Waals surface area contributed by atoms with Gasteiger partial charge in [0.25, 0.3) is 15.9 Å². The second kappa shape index (κ2) is 12.8. The number of halogens is 2. The summed E-state index contributed by atoms with van der Waals surface area (Å²) in [4.78, 5) is 28.2. The number of sulfonamides is 1. The third-order valence-corrected chi connectivity index (χ3v) is 10.1. The van der Waals surface area contributed by atoms with Gasteiger partial charge in [0, 0.05) is 22.7 Å². The highest BCUT2D eigenvalue weighted by molar-refractivity contribution is 7.93. The van der Waals surface area contributed by atoms with E-state index in [1.807, 2.05) is 51.1 Å². The number of anilines is 1. The van der Waals surface area contributed by atoms with Gasteiger partial charge in [-0.2, -0.15) is 0 Å². The van der Waals surface area contributed by atoms with E-state index in [1.165, 1.54) is 22.5 Å². The Kier molecular flexibility index (Phi) is 9.67. The van der Waals surface area contributed by atoms with Crippen LogP contribution in [0, 0.1) is 11.8 Å². The minimum absolute atomic E-state index is 0.00802. The molecular formula is C31H34Cl2N2O5S. The molecule has 41 heavy (non-hydrogen) atoms. The molecule has 0 aromatic heterocycles. The molecule has 1 aliphatic rings. The molecule has 1 fully saturated rings. The molecular weight excluding hydrogens is 583 g/mol. The van der Waals surface area contributed by atoms with Crippen LogP contribution in [0.25, 0.3) is 0 Å². The third-order valence-electron chi connectivity index (χ3n) is 7.58. The Balaban J connectivity index is 1.74. The lowest BCUT2D eigenvalue weighted by Gasteiger charge is -2.46. The molecule has 218 valence electrons. The summed E-state index contributed by atoms with van der Waals surface area (Å²) in [6.07, 6.45) is 0.611. The number of piperidine rings is 1. The van der Waals surface area contributed by atoms with Crippen LogP contribution >= 0.6 is 23.2 Å². The number of carbonyl (C=O) groups excluding carboxylic acids is 2. The van der Waals surface area contributed by atoms with Gasteiger partial charge in [-0.3, -0.25) is 13.9 Å². The van der Waals surface area contributed by atoms with Crippen molar-refractivity contribution in [3.63, 3.8) is 0 Å². The fraction of sp³-hybridized carbons (Fsp3) is 0.355. The lowest BCUT2D eigenvalue weighted by Crippen LogP contribution is -2.56. The Morgan fingerprint density at radius 1 is 0.976 bits per heavy atom. The largest absolute Gasteiger partial charge is 0.466 e. The first kappa shape index (κ1) is 30.9. The highest BCUT2D eigenvalue weighted by Crippen LogP contribution is 2.36. The number of amides is 1. The maximum atomic E-state index is 14.2. The van der Waals surface area contributed by atoms with Crippen LogP contribution in [0.5, 0.6) is 0 Å². The van der Waals surface area contributed by atoms with Gasteiger partial charge in [0.05, 0.1) is 29.8 Å². The average molecular weight is 618 g/mol. The fourth-order valence-corrected chi connectivity index (χ4v) is 7.76. The van der Waals surface area contributed by atoms with E-state index in [9.17, 15) is 18.0 Å². The molecule has 1 aliphatic heterocycles. The number of rotatable bonds is 8. The van der Waals surface area contributed by atoms with Crippen LogP contribution in [-0.2, 0) is 26.1 Å². The van der Waals surface area contributed by atoms with Gasteiger partial charge >= 0.3 is 5.97 Å². The zero-order valence-corrected chi connectivity index (χ0v) is 25.8. The van der Waals surface area contributed by atoms with Gasteiger partial charge in [0.15, 0.2) is 0 Å². The topological polar surface area (TPSA) is 84.0 Å². The molecule has 7 nitrogen and oxygen atoms in total. The van der Waals surface area contributed by atoms with E-state index in [1.54, 1.807) is 36.1 Å². The van der Waals surface area contributed by atoms with Crippen molar-refractivity contribution >= 4 is 50.8 Å². The van der Waals surface area contributed by atoms with Crippen molar-refractivity contribution in [1.82, 2.24) is 4.90 Å². The number of nitrogens with zero attached hydrogens (tertiary/aromatic N) is 2. The van der Waals surface area contributed by atoms with Crippen molar-refractivity contribution in [2.45, 2.75) is 57.6 Å². The van der Waals surface area contributed by atoms with Crippen molar-refractivity contribution in [2.75, 3.05) is 10.9 Å². The molecule has 0 aliphatic carbocycles. The number of hydrogen-bond donors (Lipinski definition) is 0. The number of carbonyl (C=O) groups is 2. The predicted molar refractivity (Wildman–Crippen MR) is 162 cm³/mol. The van der Waals surface area contributed by atoms with E-state index < -0.39 is 22.0 Å². The first-order valence-corrected chi connectivity index (χ1v) is 15.8. The van der Waals surface area contributed by atoms with Gasteiger partial charge in [0.1, 0.15) is 4.90 Å². The number of esters is 1. The normalized spacial score (nSPS) is 20.9. The Morgan fingerprint density at radius 3 is 2.27 bits per heavy atom. The van der Waals surface area contributed by atoms with Gasteiger partial charge in [-0.15, -0.1) is 0 Å². The van der Waals surface area contributed by atoms with Crippen LogP contribution in [0.1, 0.15) is 50.0 Å². The van der Waals surface area contributed by atoms with Crippen LogP contribution in [0.4, 0.5) is 5.69 Å². The minimum atomic E-state index is -4.24. The highest BCUT2D eigenvalue weighted by atomic mass is 35.5. The minimum Gasteiger partial charge on any atom is -0.466 e. The smallest absolute Gasteiger partial charge is 0.311 e. The van der Waals surface area contributed by atoms with Gasteiger partial charge in [-0.05, 0) is 81.1 Å². The SMILES string of the molecule is CCOC(=O)C1C(C)CC(C)N(C(=O)c2ccc(Cl)c(S(=O)(=O)N(Cc3ccccc3)c3ccc(Cl)cc3)c2)C1C. The second-order valence-electron chi connectivity index (χ2n) is 10.4. The van der Waals surface area contributed by atoms with E-state index >= 15 is 0 Å².